The normalized spacial score (nSPS) is 11.4. The van der Waals surface area contributed by atoms with Crippen molar-refractivity contribution in [3.63, 3.8) is 0 Å². The molecular formula is C10H13N5O2S. The number of hydrogen-bond donors (Lipinski definition) is 3. The monoisotopic (exact) mass is 267 g/mol. The van der Waals surface area contributed by atoms with Gasteiger partial charge in [0.2, 0.25) is 16.0 Å². The standard InChI is InChI=1S/C10H13N5O2S/c1-7-12-10(15-14-7)13-8-3-5-9(6-4-8)18(16,17)11-2/h3-6,11H,1-2H3,(H2,12,13,14,15). The number of sulfonamides is 1. The number of H-pyrrole nitrogens is 1. The lowest BCUT2D eigenvalue weighted by atomic mass is 10.3. The maximum Gasteiger partial charge on any atom is 0.246 e. The molecule has 0 aliphatic heterocycles. The summed E-state index contributed by atoms with van der Waals surface area (Å²) >= 11 is 0. The van der Waals surface area contributed by atoms with Gasteiger partial charge in [0.1, 0.15) is 5.82 Å². The number of benzene rings is 1. The van der Waals surface area contributed by atoms with E-state index in [2.05, 4.69) is 25.2 Å². The molecule has 2 aromatic rings. The molecule has 0 saturated carbocycles. The van der Waals surface area contributed by atoms with Crippen molar-refractivity contribution in [3.05, 3.63) is 30.1 Å². The van der Waals surface area contributed by atoms with Crippen molar-refractivity contribution in [2.24, 2.45) is 0 Å². The van der Waals surface area contributed by atoms with Gasteiger partial charge >= 0.3 is 0 Å². The molecule has 3 N–H and O–H groups in total. The van der Waals surface area contributed by atoms with Crippen LogP contribution in [0.3, 0.4) is 0 Å². The lowest BCUT2D eigenvalue weighted by Gasteiger charge is -2.04. The molecule has 18 heavy (non-hydrogen) atoms. The third-order valence-electron chi connectivity index (χ3n) is 2.29. The van der Waals surface area contributed by atoms with Crippen LogP contribution in [0.1, 0.15) is 5.82 Å². The van der Waals surface area contributed by atoms with Crippen LogP contribution in [0.2, 0.25) is 0 Å². The molecule has 0 aliphatic rings. The highest BCUT2D eigenvalue weighted by molar-refractivity contribution is 7.89. The Morgan fingerprint density at radius 3 is 2.39 bits per heavy atom. The van der Waals surface area contributed by atoms with Gasteiger partial charge in [-0.15, -0.1) is 5.10 Å². The van der Waals surface area contributed by atoms with Gasteiger partial charge in [0, 0.05) is 5.69 Å². The van der Waals surface area contributed by atoms with E-state index in [-0.39, 0.29) is 4.90 Å². The number of rotatable bonds is 4. The molecule has 7 nitrogen and oxygen atoms in total. The van der Waals surface area contributed by atoms with Crippen molar-refractivity contribution in [2.75, 3.05) is 12.4 Å². The molecule has 8 heteroatoms. The largest absolute Gasteiger partial charge is 0.323 e. The van der Waals surface area contributed by atoms with Gasteiger partial charge in [0.05, 0.1) is 4.90 Å². The highest BCUT2D eigenvalue weighted by Gasteiger charge is 2.10. The van der Waals surface area contributed by atoms with Crippen LogP contribution >= 0.6 is 0 Å². The molecule has 0 amide bonds. The van der Waals surface area contributed by atoms with Crippen molar-refractivity contribution in [1.29, 1.82) is 0 Å². The van der Waals surface area contributed by atoms with Crippen LogP contribution in [0.25, 0.3) is 0 Å². The van der Waals surface area contributed by atoms with E-state index < -0.39 is 10.0 Å². The highest BCUT2D eigenvalue weighted by atomic mass is 32.2. The molecule has 1 heterocycles. The average molecular weight is 267 g/mol. The molecule has 0 saturated heterocycles. The summed E-state index contributed by atoms with van der Waals surface area (Å²) in [5.74, 6) is 1.14. The van der Waals surface area contributed by atoms with E-state index in [0.717, 1.165) is 0 Å². The minimum absolute atomic E-state index is 0.210. The number of nitrogens with one attached hydrogen (secondary N) is 3. The molecular weight excluding hydrogens is 254 g/mol. The fraction of sp³-hybridized carbons (Fsp3) is 0.200. The predicted octanol–water partition coefficient (Wildman–Crippen LogP) is 0.765. The number of anilines is 2. The van der Waals surface area contributed by atoms with E-state index in [1.165, 1.54) is 19.2 Å². The zero-order valence-corrected chi connectivity index (χ0v) is 10.7. The first-order valence-electron chi connectivity index (χ1n) is 5.21. The zero-order valence-electron chi connectivity index (χ0n) is 9.93. The molecule has 1 aromatic heterocycles. The van der Waals surface area contributed by atoms with Crippen LogP contribution in [-0.2, 0) is 10.0 Å². The summed E-state index contributed by atoms with van der Waals surface area (Å²) < 4.78 is 25.3. The van der Waals surface area contributed by atoms with E-state index in [1.807, 2.05) is 0 Å². The molecule has 0 radical (unpaired) electrons. The van der Waals surface area contributed by atoms with Gasteiger partial charge in [-0.1, -0.05) is 0 Å². The van der Waals surface area contributed by atoms with Gasteiger partial charge in [-0.3, -0.25) is 5.10 Å². The third kappa shape index (κ3) is 2.66. The molecule has 0 bridgehead atoms. The maximum atomic E-state index is 11.5. The van der Waals surface area contributed by atoms with Crippen LogP contribution in [0.5, 0.6) is 0 Å². The van der Waals surface area contributed by atoms with E-state index in [9.17, 15) is 8.42 Å². The third-order valence-corrected chi connectivity index (χ3v) is 3.72. The average Bonchev–Trinajstić information content (AvgIpc) is 2.75. The Kier molecular flexibility index (Phi) is 3.30. The van der Waals surface area contributed by atoms with Gasteiger partial charge in [0.25, 0.3) is 0 Å². The summed E-state index contributed by atoms with van der Waals surface area (Å²) in [4.78, 5) is 4.29. The van der Waals surface area contributed by atoms with Crippen LogP contribution in [0.15, 0.2) is 29.2 Å². The predicted molar refractivity (Wildman–Crippen MR) is 67.1 cm³/mol. The van der Waals surface area contributed by atoms with Gasteiger partial charge in [-0.25, -0.2) is 13.1 Å². The van der Waals surface area contributed by atoms with E-state index >= 15 is 0 Å². The number of nitrogens with zero attached hydrogens (tertiary/aromatic N) is 2. The fourth-order valence-corrected chi connectivity index (χ4v) is 2.09. The summed E-state index contributed by atoms with van der Waals surface area (Å²) in [6.07, 6.45) is 0. The van der Waals surface area contributed by atoms with Gasteiger partial charge in [-0.2, -0.15) is 4.98 Å². The Labute approximate surface area is 105 Å². The number of aromatic nitrogens is 3. The molecule has 0 unspecified atom stereocenters. The summed E-state index contributed by atoms with van der Waals surface area (Å²) in [5, 5.41) is 9.58. The summed E-state index contributed by atoms with van der Waals surface area (Å²) in [6.45, 7) is 1.79. The summed E-state index contributed by atoms with van der Waals surface area (Å²) in [7, 11) is -2.03. The van der Waals surface area contributed by atoms with Crippen LogP contribution in [-0.4, -0.2) is 30.6 Å². The Bertz CT molecular complexity index is 633. The zero-order chi connectivity index (χ0) is 13.2. The Balaban J connectivity index is 2.18. The number of hydrogen-bond acceptors (Lipinski definition) is 5. The molecule has 0 aliphatic carbocycles. The van der Waals surface area contributed by atoms with Crippen molar-refractivity contribution in [2.45, 2.75) is 11.8 Å². The molecule has 2 rings (SSSR count). The van der Waals surface area contributed by atoms with Crippen molar-refractivity contribution in [3.8, 4) is 0 Å². The maximum absolute atomic E-state index is 11.5. The van der Waals surface area contributed by atoms with E-state index in [0.29, 0.717) is 17.5 Å². The van der Waals surface area contributed by atoms with Gasteiger partial charge in [0.15, 0.2) is 0 Å². The Morgan fingerprint density at radius 2 is 1.89 bits per heavy atom. The Morgan fingerprint density at radius 1 is 1.22 bits per heavy atom. The van der Waals surface area contributed by atoms with E-state index in [1.54, 1.807) is 19.1 Å². The van der Waals surface area contributed by atoms with Crippen molar-refractivity contribution < 1.29 is 8.42 Å². The number of aromatic amines is 1. The van der Waals surface area contributed by atoms with Crippen LogP contribution < -0.4 is 10.0 Å². The molecule has 0 spiro atoms. The van der Waals surface area contributed by atoms with Gasteiger partial charge in [-0.05, 0) is 38.2 Å². The quantitative estimate of drug-likeness (QED) is 0.759. The van der Waals surface area contributed by atoms with Crippen LogP contribution in [0, 0.1) is 6.92 Å². The first kappa shape index (κ1) is 12.5. The summed E-state index contributed by atoms with van der Waals surface area (Å²) in [5.41, 5.74) is 0.712. The highest BCUT2D eigenvalue weighted by Crippen LogP contribution is 2.16. The first-order chi connectivity index (χ1) is 8.51. The lowest BCUT2D eigenvalue weighted by molar-refractivity contribution is 0.588. The molecule has 0 fully saturated rings. The molecule has 1 aromatic carbocycles. The fourth-order valence-electron chi connectivity index (χ4n) is 1.36. The van der Waals surface area contributed by atoms with Crippen molar-refractivity contribution in [1.82, 2.24) is 19.9 Å². The summed E-state index contributed by atoms with van der Waals surface area (Å²) in [6, 6.07) is 6.31. The second-order valence-corrected chi connectivity index (χ2v) is 5.49. The minimum Gasteiger partial charge on any atom is -0.323 e. The lowest BCUT2D eigenvalue weighted by Crippen LogP contribution is -2.18. The first-order valence-corrected chi connectivity index (χ1v) is 6.69. The minimum atomic E-state index is -3.40. The topological polar surface area (TPSA) is 99.8 Å². The second kappa shape index (κ2) is 4.75. The van der Waals surface area contributed by atoms with Crippen LogP contribution in [0.4, 0.5) is 11.6 Å². The number of aryl methyl sites for hydroxylation is 1. The molecule has 96 valence electrons. The van der Waals surface area contributed by atoms with E-state index in [4.69, 9.17) is 0 Å². The SMILES string of the molecule is CNS(=O)(=O)c1ccc(Nc2n[nH]c(C)n2)cc1. The smallest absolute Gasteiger partial charge is 0.246 e. The second-order valence-electron chi connectivity index (χ2n) is 3.60. The van der Waals surface area contributed by atoms with Gasteiger partial charge < -0.3 is 5.32 Å². The Hall–Kier alpha value is -1.93. The molecule has 0 atom stereocenters. The van der Waals surface area contributed by atoms with Crippen molar-refractivity contribution >= 4 is 21.7 Å².